The predicted molar refractivity (Wildman–Crippen MR) is 81.6 cm³/mol. The van der Waals surface area contributed by atoms with Crippen LogP contribution in [0.15, 0.2) is 40.2 Å². The minimum absolute atomic E-state index is 0.0650. The summed E-state index contributed by atoms with van der Waals surface area (Å²) in [5, 5.41) is 14.0. The summed E-state index contributed by atoms with van der Waals surface area (Å²) in [5.41, 5.74) is 0.975. The first kappa shape index (κ1) is 13.9. The third kappa shape index (κ3) is 3.72. The van der Waals surface area contributed by atoms with Crippen LogP contribution in [0.3, 0.4) is 0 Å². The molecule has 0 aliphatic heterocycles. The zero-order valence-corrected chi connectivity index (χ0v) is 12.8. The maximum Gasteiger partial charge on any atom is 0.174 e. The first-order chi connectivity index (χ1) is 9.20. The highest BCUT2D eigenvalue weighted by Gasteiger charge is 2.10. The van der Waals surface area contributed by atoms with Crippen molar-refractivity contribution in [1.29, 1.82) is 5.26 Å². The zero-order chi connectivity index (χ0) is 13.7. The van der Waals surface area contributed by atoms with Gasteiger partial charge in [0.25, 0.3) is 0 Å². The molecule has 3 nitrogen and oxygen atoms in total. The van der Waals surface area contributed by atoms with Crippen LogP contribution < -0.4 is 10.1 Å². The minimum atomic E-state index is 0.0650. The summed E-state index contributed by atoms with van der Waals surface area (Å²) in [5.74, 6) is 0.698. The quantitative estimate of drug-likeness (QED) is 0.868. The van der Waals surface area contributed by atoms with E-state index in [1.807, 2.05) is 36.4 Å². The molecule has 2 aromatic rings. The van der Waals surface area contributed by atoms with Crippen LogP contribution in [-0.2, 0) is 0 Å². The Kier molecular flexibility index (Phi) is 4.83. The number of nitrogens with zero attached hydrogens (tertiary/aromatic N) is 1. The molecule has 0 radical (unpaired) electrons. The van der Waals surface area contributed by atoms with Crippen molar-refractivity contribution >= 4 is 33.0 Å². The lowest BCUT2D eigenvalue weighted by Gasteiger charge is -2.15. The molecule has 0 aliphatic rings. The zero-order valence-electron chi connectivity index (χ0n) is 10.4. The van der Waals surface area contributed by atoms with Crippen molar-refractivity contribution in [1.82, 2.24) is 0 Å². The first-order valence-electron chi connectivity index (χ1n) is 5.80. The molecule has 0 amide bonds. The van der Waals surface area contributed by atoms with Gasteiger partial charge in [-0.1, -0.05) is 6.07 Å². The molecule has 2 rings (SSSR count). The van der Waals surface area contributed by atoms with Crippen LogP contribution in [0.2, 0.25) is 0 Å². The van der Waals surface area contributed by atoms with Crippen LogP contribution >= 0.6 is 27.3 Å². The lowest BCUT2D eigenvalue weighted by Crippen LogP contribution is -2.05. The van der Waals surface area contributed by atoms with Gasteiger partial charge in [-0.25, -0.2) is 0 Å². The lowest BCUT2D eigenvalue weighted by atomic mass is 10.2. The number of thiophene rings is 1. The summed E-state index contributed by atoms with van der Waals surface area (Å²) in [7, 11) is 0. The average molecular weight is 337 g/mol. The van der Waals surface area contributed by atoms with E-state index in [0.29, 0.717) is 5.75 Å². The number of benzene rings is 1. The van der Waals surface area contributed by atoms with E-state index in [-0.39, 0.29) is 12.6 Å². The fraction of sp³-hybridized carbons (Fsp3) is 0.214. The van der Waals surface area contributed by atoms with Gasteiger partial charge in [0.05, 0.1) is 6.04 Å². The molecular formula is C14H13BrN2OS. The molecule has 1 aromatic heterocycles. The molecule has 98 valence electrons. The fourth-order valence-corrected chi connectivity index (χ4v) is 3.45. The molecule has 1 heterocycles. The van der Waals surface area contributed by atoms with Crippen LogP contribution in [0.4, 0.5) is 5.69 Å². The lowest BCUT2D eigenvalue weighted by molar-refractivity contribution is 0.368. The van der Waals surface area contributed by atoms with Crippen molar-refractivity contribution in [2.75, 3.05) is 11.9 Å². The number of halogens is 1. The highest BCUT2D eigenvalue weighted by atomic mass is 79.9. The third-order valence-corrected chi connectivity index (χ3v) is 4.61. The minimum Gasteiger partial charge on any atom is -0.479 e. The predicted octanol–water partition coefficient (Wildman–Crippen LogP) is 4.59. The molecule has 0 saturated heterocycles. The van der Waals surface area contributed by atoms with Crippen LogP contribution in [0.1, 0.15) is 17.8 Å². The summed E-state index contributed by atoms with van der Waals surface area (Å²) in [6.07, 6.45) is 0. The Morgan fingerprint density at radius 2 is 2.32 bits per heavy atom. The van der Waals surface area contributed by atoms with Gasteiger partial charge < -0.3 is 10.1 Å². The van der Waals surface area contributed by atoms with E-state index in [1.54, 1.807) is 11.3 Å². The standard InChI is InChI=1S/C14H13BrN2OS/c1-10(14-13(15)5-8-19-14)17-11-3-2-4-12(9-11)18-7-6-16/h2-5,8-10,17H,7H2,1H3. The summed E-state index contributed by atoms with van der Waals surface area (Å²) >= 11 is 5.25. The number of rotatable bonds is 5. The molecule has 5 heteroatoms. The van der Waals surface area contributed by atoms with Gasteiger partial charge in [0, 0.05) is 21.1 Å². The Balaban J connectivity index is 2.07. The molecule has 1 N–H and O–H groups in total. The molecule has 1 unspecified atom stereocenters. The van der Waals surface area contributed by atoms with Gasteiger partial charge in [0.2, 0.25) is 0 Å². The van der Waals surface area contributed by atoms with E-state index in [4.69, 9.17) is 10.00 Å². The second-order valence-electron chi connectivity index (χ2n) is 3.97. The molecule has 0 saturated carbocycles. The van der Waals surface area contributed by atoms with Gasteiger partial charge in [0.1, 0.15) is 11.8 Å². The summed E-state index contributed by atoms with van der Waals surface area (Å²) < 4.78 is 6.40. The van der Waals surface area contributed by atoms with Crippen molar-refractivity contribution in [2.45, 2.75) is 13.0 Å². The van der Waals surface area contributed by atoms with Crippen LogP contribution in [0.25, 0.3) is 0 Å². The second kappa shape index (κ2) is 6.60. The number of anilines is 1. The molecule has 0 spiro atoms. The van der Waals surface area contributed by atoms with E-state index in [1.165, 1.54) is 4.88 Å². The van der Waals surface area contributed by atoms with E-state index < -0.39 is 0 Å². The molecule has 1 aromatic carbocycles. The van der Waals surface area contributed by atoms with Crippen LogP contribution in [-0.4, -0.2) is 6.61 Å². The molecule has 19 heavy (non-hydrogen) atoms. The van der Waals surface area contributed by atoms with Crippen LogP contribution in [0.5, 0.6) is 5.75 Å². The summed E-state index contributed by atoms with van der Waals surface area (Å²) in [6, 6.07) is 11.8. The van der Waals surface area contributed by atoms with Crippen LogP contribution in [0, 0.1) is 11.3 Å². The first-order valence-corrected chi connectivity index (χ1v) is 7.47. The van der Waals surface area contributed by atoms with Gasteiger partial charge in [-0.2, -0.15) is 5.26 Å². The Labute approximate surface area is 125 Å². The normalized spacial score (nSPS) is 11.6. The largest absolute Gasteiger partial charge is 0.479 e. The second-order valence-corrected chi connectivity index (χ2v) is 5.78. The van der Waals surface area contributed by atoms with Gasteiger partial charge in [0.15, 0.2) is 6.61 Å². The topological polar surface area (TPSA) is 45.0 Å². The molecule has 0 aliphatic carbocycles. The van der Waals surface area contributed by atoms with Gasteiger partial charge in [-0.3, -0.25) is 0 Å². The maximum atomic E-state index is 8.50. The van der Waals surface area contributed by atoms with E-state index in [0.717, 1.165) is 10.2 Å². The molecule has 1 atom stereocenters. The average Bonchev–Trinajstić information content (AvgIpc) is 2.83. The maximum absolute atomic E-state index is 8.50. The molecular weight excluding hydrogens is 324 g/mol. The Hall–Kier alpha value is -1.51. The summed E-state index contributed by atoms with van der Waals surface area (Å²) in [4.78, 5) is 1.25. The van der Waals surface area contributed by atoms with Crippen molar-refractivity contribution in [3.05, 3.63) is 45.1 Å². The van der Waals surface area contributed by atoms with E-state index >= 15 is 0 Å². The van der Waals surface area contributed by atoms with Gasteiger partial charge >= 0.3 is 0 Å². The number of nitrogens with one attached hydrogen (secondary N) is 1. The van der Waals surface area contributed by atoms with Gasteiger partial charge in [-0.15, -0.1) is 11.3 Å². The van der Waals surface area contributed by atoms with Crippen molar-refractivity contribution in [2.24, 2.45) is 0 Å². The number of nitriles is 1. The fourth-order valence-electron chi connectivity index (χ4n) is 1.72. The van der Waals surface area contributed by atoms with Gasteiger partial charge in [-0.05, 0) is 46.4 Å². The number of hydrogen-bond donors (Lipinski definition) is 1. The summed E-state index contributed by atoms with van der Waals surface area (Å²) in [6.45, 7) is 2.18. The van der Waals surface area contributed by atoms with Crippen molar-refractivity contribution < 1.29 is 4.74 Å². The monoisotopic (exact) mass is 336 g/mol. The molecule has 0 fully saturated rings. The smallest absolute Gasteiger partial charge is 0.174 e. The van der Waals surface area contributed by atoms with E-state index in [9.17, 15) is 0 Å². The van der Waals surface area contributed by atoms with Crippen molar-refractivity contribution in [3.63, 3.8) is 0 Å². The number of hydrogen-bond acceptors (Lipinski definition) is 4. The molecule has 0 bridgehead atoms. The highest BCUT2D eigenvalue weighted by Crippen LogP contribution is 2.31. The number of ether oxygens (including phenoxy) is 1. The Morgan fingerprint density at radius 1 is 1.47 bits per heavy atom. The Bertz CT molecular complexity index is 591. The van der Waals surface area contributed by atoms with E-state index in [2.05, 4.69) is 33.6 Å². The highest BCUT2D eigenvalue weighted by molar-refractivity contribution is 9.10. The Morgan fingerprint density at radius 3 is 3.00 bits per heavy atom. The third-order valence-electron chi connectivity index (χ3n) is 2.56. The van der Waals surface area contributed by atoms with Crippen molar-refractivity contribution in [3.8, 4) is 11.8 Å². The SMILES string of the molecule is CC(Nc1cccc(OCC#N)c1)c1sccc1Br.